The van der Waals surface area contributed by atoms with Crippen LogP contribution in [0.5, 0.6) is 17.2 Å². The molecule has 1 fully saturated rings. The van der Waals surface area contributed by atoms with Crippen LogP contribution in [0.2, 0.25) is 0 Å². The molecule has 6 heteroatoms. The Morgan fingerprint density at radius 3 is 2.69 bits per heavy atom. The molecule has 0 aromatic heterocycles. The quantitative estimate of drug-likeness (QED) is 0.869. The molecular weight excluding hydrogens is 352 g/mol. The lowest BCUT2D eigenvalue weighted by molar-refractivity contribution is 0.171. The predicted octanol–water partition coefficient (Wildman–Crippen LogP) is 3.02. The molecule has 2 aromatic rings. The molecule has 0 saturated carbocycles. The van der Waals surface area contributed by atoms with Gasteiger partial charge in [-0.05, 0) is 35.7 Å². The second kappa shape index (κ2) is 8.16. The zero-order valence-electron chi connectivity index (χ0n) is 14.9. The minimum absolute atomic E-state index is 0. The summed E-state index contributed by atoms with van der Waals surface area (Å²) < 4.78 is 16.5. The van der Waals surface area contributed by atoms with Crippen LogP contribution < -0.4 is 19.9 Å². The smallest absolute Gasteiger partial charge is 0.231 e. The first kappa shape index (κ1) is 18.8. The van der Waals surface area contributed by atoms with Crippen molar-refractivity contribution in [2.45, 2.75) is 12.5 Å². The fraction of sp³-hybridized carbons (Fsp3) is 0.400. The van der Waals surface area contributed by atoms with Crippen LogP contribution in [-0.4, -0.2) is 38.4 Å². The molecule has 0 unspecified atom stereocenters. The minimum Gasteiger partial charge on any atom is -0.493 e. The topological polar surface area (TPSA) is 57.0 Å². The summed E-state index contributed by atoms with van der Waals surface area (Å²) in [6, 6.07) is 14.8. The Hall–Kier alpha value is -1.95. The second-order valence-corrected chi connectivity index (χ2v) is 6.74. The number of nitrogens with two attached hydrogens (primary N) is 1. The average molecular weight is 377 g/mol. The summed E-state index contributed by atoms with van der Waals surface area (Å²) in [6.45, 7) is 3.84. The van der Waals surface area contributed by atoms with Crippen molar-refractivity contribution in [3.8, 4) is 17.2 Å². The van der Waals surface area contributed by atoms with Gasteiger partial charge in [-0.2, -0.15) is 0 Å². The SMILES string of the molecule is COc1cc(CN2C[C@@H](CN)[C@H](c3ccccc3)C2)cc2c1OCO2.Cl. The number of benzene rings is 2. The number of fused-ring (bicyclic) bond motifs is 1. The molecule has 2 atom stereocenters. The van der Waals surface area contributed by atoms with Crippen LogP contribution in [0.15, 0.2) is 42.5 Å². The highest BCUT2D eigenvalue weighted by molar-refractivity contribution is 5.85. The van der Waals surface area contributed by atoms with Crippen LogP contribution in [0, 0.1) is 5.92 Å². The first-order valence-electron chi connectivity index (χ1n) is 8.72. The zero-order valence-corrected chi connectivity index (χ0v) is 15.7. The van der Waals surface area contributed by atoms with E-state index in [1.165, 1.54) is 11.1 Å². The molecule has 0 radical (unpaired) electrons. The Kier molecular flexibility index (Phi) is 5.91. The van der Waals surface area contributed by atoms with Crippen LogP contribution in [0.3, 0.4) is 0 Å². The largest absolute Gasteiger partial charge is 0.493 e. The van der Waals surface area contributed by atoms with E-state index < -0.39 is 0 Å². The van der Waals surface area contributed by atoms with Crippen molar-refractivity contribution in [1.29, 1.82) is 0 Å². The predicted molar refractivity (Wildman–Crippen MR) is 103 cm³/mol. The molecule has 2 aliphatic heterocycles. The molecule has 2 aliphatic rings. The molecule has 140 valence electrons. The van der Waals surface area contributed by atoms with Gasteiger partial charge in [0.2, 0.25) is 12.5 Å². The summed E-state index contributed by atoms with van der Waals surface area (Å²) in [6.07, 6.45) is 0. The van der Waals surface area contributed by atoms with Crippen molar-refractivity contribution in [3.63, 3.8) is 0 Å². The van der Waals surface area contributed by atoms with Crippen LogP contribution in [0.25, 0.3) is 0 Å². The monoisotopic (exact) mass is 376 g/mol. The molecule has 0 bridgehead atoms. The highest BCUT2D eigenvalue weighted by Crippen LogP contribution is 2.42. The number of halogens is 1. The van der Waals surface area contributed by atoms with Gasteiger partial charge >= 0.3 is 0 Å². The molecule has 2 N–H and O–H groups in total. The van der Waals surface area contributed by atoms with Crippen LogP contribution in [0.4, 0.5) is 0 Å². The van der Waals surface area contributed by atoms with Crippen LogP contribution in [-0.2, 0) is 6.54 Å². The molecule has 1 saturated heterocycles. The van der Waals surface area contributed by atoms with E-state index in [2.05, 4.69) is 41.3 Å². The Morgan fingerprint density at radius 2 is 1.96 bits per heavy atom. The third-order valence-electron chi connectivity index (χ3n) is 5.17. The number of rotatable bonds is 5. The fourth-order valence-electron chi connectivity index (χ4n) is 3.94. The average Bonchev–Trinajstić information content (AvgIpc) is 3.28. The van der Waals surface area contributed by atoms with Crippen molar-refractivity contribution >= 4 is 12.4 Å². The number of hydrogen-bond donors (Lipinski definition) is 1. The first-order chi connectivity index (χ1) is 12.3. The lowest BCUT2D eigenvalue weighted by atomic mass is 9.89. The highest BCUT2D eigenvalue weighted by atomic mass is 35.5. The van der Waals surface area contributed by atoms with Crippen LogP contribution in [0.1, 0.15) is 17.0 Å². The summed E-state index contributed by atoms with van der Waals surface area (Å²) in [7, 11) is 1.66. The zero-order chi connectivity index (χ0) is 17.2. The number of likely N-dealkylation sites (tertiary alicyclic amines) is 1. The molecule has 4 rings (SSSR count). The molecule has 26 heavy (non-hydrogen) atoms. The van der Waals surface area contributed by atoms with E-state index in [4.69, 9.17) is 19.9 Å². The van der Waals surface area contributed by atoms with E-state index in [-0.39, 0.29) is 19.2 Å². The fourth-order valence-corrected chi connectivity index (χ4v) is 3.94. The molecule has 5 nitrogen and oxygen atoms in total. The summed E-state index contributed by atoms with van der Waals surface area (Å²) in [5, 5.41) is 0. The van der Waals surface area contributed by atoms with Gasteiger partial charge in [0, 0.05) is 25.6 Å². The maximum Gasteiger partial charge on any atom is 0.231 e. The van der Waals surface area contributed by atoms with Crippen molar-refractivity contribution in [2.24, 2.45) is 11.7 Å². The van der Waals surface area contributed by atoms with Gasteiger partial charge in [0.15, 0.2) is 11.5 Å². The van der Waals surface area contributed by atoms with Gasteiger partial charge in [-0.3, -0.25) is 4.90 Å². The third kappa shape index (κ3) is 3.61. The Bertz CT molecular complexity index is 741. The van der Waals surface area contributed by atoms with Crippen molar-refractivity contribution < 1.29 is 14.2 Å². The molecule has 2 heterocycles. The number of methoxy groups -OCH3 is 1. The summed E-state index contributed by atoms with van der Waals surface area (Å²) in [4.78, 5) is 2.46. The Morgan fingerprint density at radius 1 is 1.15 bits per heavy atom. The minimum atomic E-state index is 0. The van der Waals surface area contributed by atoms with Gasteiger partial charge in [-0.15, -0.1) is 12.4 Å². The van der Waals surface area contributed by atoms with E-state index in [9.17, 15) is 0 Å². The third-order valence-corrected chi connectivity index (χ3v) is 5.17. The second-order valence-electron chi connectivity index (χ2n) is 6.74. The number of hydrogen-bond acceptors (Lipinski definition) is 5. The molecule has 0 amide bonds. The highest BCUT2D eigenvalue weighted by Gasteiger charge is 2.33. The maximum atomic E-state index is 6.05. The number of nitrogens with zero attached hydrogens (tertiary/aromatic N) is 1. The molecular formula is C20H25ClN2O3. The Balaban J connectivity index is 0.00000196. The van der Waals surface area contributed by atoms with E-state index in [0.717, 1.165) is 31.1 Å². The van der Waals surface area contributed by atoms with Gasteiger partial charge in [0.25, 0.3) is 0 Å². The molecule has 2 aromatic carbocycles. The van der Waals surface area contributed by atoms with Crippen molar-refractivity contribution in [3.05, 3.63) is 53.6 Å². The Labute approximate surface area is 160 Å². The summed E-state index contributed by atoms with van der Waals surface area (Å²) in [5.41, 5.74) is 8.60. The summed E-state index contributed by atoms with van der Waals surface area (Å²) in [5.74, 6) is 3.18. The van der Waals surface area contributed by atoms with Crippen molar-refractivity contribution in [1.82, 2.24) is 4.90 Å². The van der Waals surface area contributed by atoms with Crippen molar-refractivity contribution in [2.75, 3.05) is 33.5 Å². The van der Waals surface area contributed by atoms with E-state index in [1.807, 2.05) is 6.07 Å². The standard InChI is InChI=1S/C20H24N2O3.ClH/c1-23-18-7-14(8-19-20(18)25-13-24-19)10-22-11-16(9-21)17(12-22)15-5-3-2-4-6-15;/h2-8,16-17H,9-13,21H2,1H3;1H/t16-,17+;/m1./s1. The molecule has 0 spiro atoms. The lowest BCUT2D eigenvalue weighted by Crippen LogP contribution is -2.23. The number of ether oxygens (including phenoxy) is 3. The van der Waals surface area contributed by atoms with Gasteiger partial charge in [0.1, 0.15) is 0 Å². The van der Waals surface area contributed by atoms with E-state index in [1.54, 1.807) is 7.11 Å². The van der Waals surface area contributed by atoms with E-state index in [0.29, 0.717) is 24.1 Å². The lowest BCUT2D eigenvalue weighted by Gasteiger charge is -2.17. The van der Waals surface area contributed by atoms with E-state index >= 15 is 0 Å². The van der Waals surface area contributed by atoms with Gasteiger partial charge in [-0.1, -0.05) is 30.3 Å². The van der Waals surface area contributed by atoms with Crippen LogP contribution >= 0.6 is 12.4 Å². The van der Waals surface area contributed by atoms with Gasteiger partial charge in [-0.25, -0.2) is 0 Å². The van der Waals surface area contributed by atoms with Gasteiger partial charge < -0.3 is 19.9 Å². The normalized spacial score (nSPS) is 21.5. The first-order valence-corrected chi connectivity index (χ1v) is 8.72. The maximum absolute atomic E-state index is 6.05. The summed E-state index contributed by atoms with van der Waals surface area (Å²) >= 11 is 0. The van der Waals surface area contributed by atoms with Gasteiger partial charge in [0.05, 0.1) is 7.11 Å². The molecule has 0 aliphatic carbocycles.